The van der Waals surface area contributed by atoms with Gasteiger partial charge in [0.25, 0.3) is 0 Å². The lowest BCUT2D eigenvalue weighted by molar-refractivity contribution is 0.264. The van der Waals surface area contributed by atoms with E-state index in [4.69, 9.17) is 0 Å². The van der Waals surface area contributed by atoms with Crippen LogP contribution in [0.15, 0.2) is 60.7 Å². The molecule has 1 heterocycles. The van der Waals surface area contributed by atoms with E-state index in [-0.39, 0.29) is 6.61 Å². The normalized spacial score (nSPS) is 27.2. The van der Waals surface area contributed by atoms with Gasteiger partial charge in [-0.15, -0.1) is 0 Å². The maximum Gasteiger partial charge on any atom is 0.121 e. The molecule has 2 aromatic rings. The predicted octanol–water partition coefficient (Wildman–Crippen LogP) is 2.77. The van der Waals surface area contributed by atoms with Crippen molar-refractivity contribution in [3.05, 3.63) is 60.7 Å². The summed E-state index contributed by atoms with van der Waals surface area (Å²) in [6.45, 7) is 2.72. The summed E-state index contributed by atoms with van der Waals surface area (Å²) in [7, 11) is -2.06. The second-order valence-electron chi connectivity index (χ2n) is 8.03. The van der Waals surface area contributed by atoms with Crippen molar-refractivity contribution < 1.29 is 5.11 Å². The molecule has 132 valence electrons. The number of nitrogens with one attached hydrogen (secondary N) is 1. The van der Waals surface area contributed by atoms with Crippen LogP contribution in [0, 0.1) is 5.92 Å². The smallest absolute Gasteiger partial charge is 0.121 e. The Bertz CT molecular complexity index is 638. The number of benzene rings is 2. The molecule has 25 heavy (non-hydrogen) atoms. The van der Waals surface area contributed by atoms with Gasteiger partial charge < -0.3 is 10.4 Å². The van der Waals surface area contributed by atoms with E-state index in [2.05, 4.69) is 72.5 Å². The molecule has 1 saturated carbocycles. The zero-order valence-corrected chi connectivity index (χ0v) is 16.1. The first-order valence-corrected chi connectivity index (χ1v) is 12.3. The minimum atomic E-state index is -2.06. The van der Waals surface area contributed by atoms with Crippen LogP contribution in [-0.2, 0) is 0 Å². The van der Waals surface area contributed by atoms with Gasteiger partial charge in [0.15, 0.2) is 0 Å². The summed E-state index contributed by atoms with van der Waals surface area (Å²) in [6, 6.07) is 23.0. The average molecular weight is 352 g/mol. The molecule has 0 radical (unpaired) electrons. The van der Waals surface area contributed by atoms with E-state index in [0.29, 0.717) is 17.6 Å². The van der Waals surface area contributed by atoms with E-state index in [1.807, 2.05) is 0 Å². The van der Waals surface area contributed by atoms with E-state index in [0.717, 1.165) is 5.92 Å². The quantitative estimate of drug-likeness (QED) is 0.812. The number of fused-ring (bicyclic) bond motifs is 1. The fourth-order valence-corrected chi connectivity index (χ4v) is 9.73. The molecule has 0 unspecified atom stereocenters. The van der Waals surface area contributed by atoms with Crippen LogP contribution < -0.4 is 15.7 Å². The standard InChI is InChI=1S/C22H29NOSi/c1-25(18-10-4-2-5-11-18,19-12-6-3-7-13-19)22(16-24)21-15-17-9-8-14-20(17)23-21/h2-7,10-13,17,20-24H,8-9,14-16H2,1H3/t17-,20-,21-,22+/m0/s1. The molecule has 0 aromatic heterocycles. The maximum atomic E-state index is 10.5. The van der Waals surface area contributed by atoms with Crippen molar-refractivity contribution in [2.45, 2.75) is 49.9 Å². The van der Waals surface area contributed by atoms with E-state index in [9.17, 15) is 5.11 Å². The van der Waals surface area contributed by atoms with E-state index in [1.54, 1.807) is 0 Å². The average Bonchev–Trinajstić information content (AvgIpc) is 3.26. The zero-order chi connectivity index (χ0) is 17.3. The van der Waals surface area contributed by atoms with Crippen molar-refractivity contribution in [3.63, 3.8) is 0 Å². The summed E-state index contributed by atoms with van der Waals surface area (Å²) in [5, 5.41) is 17.3. The molecule has 2 aromatic carbocycles. The number of aliphatic hydroxyl groups excluding tert-OH is 1. The van der Waals surface area contributed by atoms with Crippen LogP contribution in [-0.4, -0.2) is 31.9 Å². The first kappa shape index (κ1) is 17.0. The second kappa shape index (κ2) is 7.06. The summed E-state index contributed by atoms with van der Waals surface area (Å²) in [4.78, 5) is 0. The summed E-state index contributed by atoms with van der Waals surface area (Å²) >= 11 is 0. The van der Waals surface area contributed by atoms with Crippen molar-refractivity contribution >= 4 is 18.4 Å². The second-order valence-corrected chi connectivity index (χ2v) is 12.3. The summed E-state index contributed by atoms with van der Waals surface area (Å²) in [6.07, 6.45) is 5.28. The van der Waals surface area contributed by atoms with E-state index < -0.39 is 8.07 Å². The Hall–Kier alpha value is -1.42. The predicted molar refractivity (Wildman–Crippen MR) is 107 cm³/mol. The number of hydrogen-bond donors (Lipinski definition) is 2. The highest BCUT2D eigenvalue weighted by Gasteiger charge is 2.48. The van der Waals surface area contributed by atoms with Gasteiger partial charge in [-0.1, -0.05) is 84.0 Å². The Morgan fingerprint density at radius 2 is 1.60 bits per heavy atom. The van der Waals surface area contributed by atoms with Crippen LogP contribution in [0.25, 0.3) is 0 Å². The van der Waals surface area contributed by atoms with Crippen molar-refractivity contribution in [2.24, 2.45) is 5.92 Å². The highest BCUT2D eigenvalue weighted by atomic mass is 28.3. The SMILES string of the molecule is C[Si](c1ccccc1)(c1ccccc1)[C@H](CO)[C@@H]1C[C@@H]2CCC[C@@H]2N1. The highest BCUT2D eigenvalue weighted by Crippen LogP contribution is 2.40. The van der Waals surface area contributed by atoms with E-state index >= 15 is 0 Å². The lowest BCUT2D eigenvalue weighted by atomic mass is 10.0. The first-order valence-electron chi connectivity index (χ1n) is 9.71. The van der Waals surface area contributed by atoms with Crippen LogP contribution in [0.4, 0.5) is 0 Å². The first-order chi connectivity index (χ1) is 12.2. The topological polar surface area (TPSA) is 32.3 Å². The maximum absolute atomic E-state index is 10.5. The van der Waals surface area contributed by atoms with Gasteiger partial charge in [-0.3, -0.25) is 0 Å². The number of hydrogen-bond acceptors (Lipinski definition) is 2. The molecule has 1 aliphatic heterocycles. The van der Waals surface area contributed by atoms with Crippen molar-refractivity contribution in [3.8, 4) is 0 Å². The van der Waals surface area contributed by atoms with Gasteiger partial charge >= 0.3 is 0 Å². The van der Waals surface area contributed by atoms with Crippen LogP contribution in [0.2, 0.25) is 12.1 Å². The Morgan fingerprint density at radius 3 is 2.12 bits per heavy atom. The molecule has 2 N–H and O–H groups in total. The number of aliphatic hydroxyl groups is 1. The Balaban J connectivity index is 1.74. The van der Waals surface area contributed by atoms with Crippen LogP contribution >= 0.6 is 0 Å². The molecule has 0 spiro atoms. The Labute approximate surface area is 152 Å². The minimum absolute atomic E-state index is 0.267. The molecule has 1 aliphatic carbocycles. The molecule has 2 nitrogen and oxygen atoms in total. The van der Waals surface area contributed by atoms with Gasteiger partial charge in [-0.2, -0.15) is 0 Å². The molecule has 2 aliphatic rings. The molecule has 4 atom stereocenters. The zero-order valence-electron chi connectivity index (χ0n) is 15.1. The molecule has 0 bridgehead atoms. The van der Waals surface area contributed by atoms with Crippen molar-refractivity contribution in [2.75, 3.05) is 6.61 Å². The van der Waals surface area contributed by atoms with Gasteiger partial charge in [0, 0.05) is 24.2 Å². The fraction of sp³-hybridized carbons (Fsp3) is 0.455. The van der Waals surface area contributed by atoms with E-state index in [1.165, 1.54) is 36.1 Å². The van der Waals surface area contributed by atoms with Gasteiger partial charge in [0.1, 0.15) is 8.07 Å². The van der Waals surface area contributed by atoms with Crippen LogP contribution in [0.5, 0.6) is 0 Å². The van der Waals surface area contributed by atoms with Gasteiger partial charge in [0.2, 0.25) is 0 Å². The molecular weight excluding hydrogens is 322 g/mol. The largest absolute Gasteiger partial charge is 0.396 e. The van der Waals surface area contributed by atoms with Crippen molar-refractivity contribution in [1.82, 2.24) is 5.32 Å². The molecule has 1 saturated heterocycles. The number of rotatable bonds is 5. The highest BCUT2D eigenvalue weighted by molar-refractivity contribution is 7.02. The van der Waals surface area contributed by atoms with Crippen molar-refractivity contribution in [1.29, 1.82) is 0 Å². The lowest BCUT2D eigenvalue weighted by Gasteiger charge is -2.40. The van der Waals surface area contributed by atoms with Gasteiger partial charge in [-0.25, -0.2) is 0 Å². The third-order valence-electron chi connectivity index (χ3n) is 6.81. The molecule has 0 amide bonds. The molecule has 4 rings (SSSR count). The summed E-state index contributed by atoms with van der Waals surface area (Å²) in [5.74, 6) is 0.823. The summed E-state index contributed by atoms with van der Waals surface area (Å²) in [5.41, 5.74) is 0.308. The third-order valence-corrected chi connectivity index (χ3v) is 11.9. The van der Waals surface area contributed by atoms with Crippen LogP contribution in [0.3, 0.4) is 0 Å². The fourth-order valence-electron chi connectivity index (χ4n) is 5.36. The van der Waals surface area contributed by atoms with Crippen LogP contribution in [0.1, 0.15) is 25.7 Å². The summed E-state index contributed by atoms with van der Waals surface area (Å²) < 4.78 is 0. The lowest BCUT2D eigenvalue weighted by Crippen LogP contribution is -2.63. The molecule has 3 heteroatoms. The Morgan fingerprint density at radius 1 is 1.00 bits per heavy atom. The monoisotopic (exact) mass is 351 g/mol. The third kappa shape index (κ3) is 2.99. The van der Waals surface area contributed by atoms with Gasteiger partial charge in [0.05, 0.1) is 0 Å². The Kier molecular flexibility index (Phi) is 4.81. The molecular formula is C22H29NOSi. The minimum Gasteiger partial charge on any atom is -0.396 e. The molecule has 2 fully saturated rings. The van der Waals surface area contributed by atoms with Gasteiger partial charge in [-0.05, 0) is 25.2 Å².